The van der Waals surface area contributed by atoms with Crippen LogP contribution in [0.1, 0.15) is 18.6 Å². The van der Waals surface area contributed by atoms with Crippen molar-refractivity contribution in [1.82, 2.24) is 9.97 Å². The van der Waals surface area contributed by atoms with E-state index in [-0.39, 0.29) is 17.8 Å². The van der Waals surface area contributed by atoms with Gasteiger partial charge in [0.1, 0.15) is 6.10 Å². The van der Waals surface area contributed by atoms with E-state index in [4.69, 9.17) is 4.74 Å². The van der Waals surface area contributed by atoms with Gasteiger partial charge in [-0.1, -0.05) is 12.1 Å². The molecule has 1 fully saturated rings. The molecule has 1 N–H and O–H groups in total. The minimum Gasteiger partial charge on any atom is -0.367 e. The van der Waals surface area contributed by atoms with E-state index in [0.29, 0.717) is 24.4 Å². The van der Waals surface area contributed by atoms with Crippen LogP contribution < -0.4 is 10.5 Å². The molecule has 23 heavy (non-hydrogen) atoms. The van der Waals surface area contributed by atoms with Gasteiger partial charge in [0.25, 0.3) is 5.56 Å². The molecule has 0 bridgehead atoms. The quantitative estimate of drug-likeness (QED) is 0.786. The maximum absolute atomic E-state index is 12.3. The Balaban J connectivity index is 1.70. The number of fused-ring (bicyclic) bond motifs is 1. The zero-order valence-corrected chi connectivity index (χ0v) is 13.5. The second kappa shape index (κ2) is 5.79. The Morgan fingerprint density at radius 2 is 2.17 bits per heavy atom. The van der Waals surface area contributed by atoms with Crippen molar-refractivity contribution in [3.8, 4) is 0 Å². The molecule has 0 spiro atoms. The van der Waals surface area contributed by atoms with Gasteiger partial charge < -0.3 is 9.64 Å². The van der Waals surface area contributed by atoms with E-state index in [1.54, 1.807) is 17.4 Å². The van der Waals surface area contributed by atoms with Crippen LogP contribution in [0.2, 0.25) is 0 Å². The zero-order valence-electron chi connectivity index (χ0n) is 12.7. The average Bonchev–Trinajstić information content (AvgIpc) is 3.09. The summed E-state index contributed by atoms with van der Waals surface area (Å²) in [5.74, 6) is 0.615. The highest BCUT2D eigenvalue weighted by Crippen LogP contribution is 2.28. The van der Waals surface area contributed by atoms with Crippen LogP contribution in [0.25, 0.3) is 10.9 Å². The molecular formula is C17H17N3O2S. The highest BCUT2D eigenvalue weighted by Gasteiger charge is 2.28. The van der Waals surface area contributed by atoms with Crippen LogP contribution >= 0.6 is 11.3 Å². The lowest BCUT2D eigenvalue weighted by atomic mass is 10.1. The molecule has 2 unspecified atom stereocenters. The first kappa shape index (κ1) is 14.4. The number of aromatic amines is 1. The topological polar surface area (TPSA) is 58.2 Å². The molecule has 0 aliphatic carbocycles. The predicted molar refractivity (Wildman–Crippen MR) is 92.2 cm³/mol. The summed E-state index contributed by atoms with van der Waals surface area (Å²) in [5, 5.41) is 4.78. The third kappa shape index (κ3) is 2.75. The van der Waals surface area contributed by atoms with Gasteiger partial charge in [-0.3, -0.25) is 9.78 Å². The monoisotopic (exact) mass is 327 g/mol. The van der Waals surface area contributed by atoms with Gasteiger partial charge in [0, 0.05) is 6.54 Å². The number of nitrogens with zero attached hydrogens (tertiary/aromatic N) is 2. The summed E-state index contributed by atoms with van der Waals surface area (Å²) in [6, 6.07) is 9.49. The van der Waals surface area contributed by atoms with Gasteiger partial charge in [0.2, 0.25) is 5.95 Å². The van der Waals surface area contributed by atoms with E-state index in [1.807, 2.05) is 25.1 Å². The van der Waals surface area contributed by atoms with Crippen LogP contribution in [-0.4, -0.2) is 29.2 Å². The summed E-state index contributed by atoms with van der Waals surface area (Å²) in [6.45, 7) is 3.44. The van der Waals surface area contributed by atoms with Crippen LogP contribution in [0.5, 0.6) is 0 Å². The number of hydrogen-bond donors (Lipinski definition) is 1. The molecule has 2 aromatic heterocycles. The van der Waals surface area contributed by atoms with E-state index in [1.165, 1.54) is 5.56 Å². The second-order valence-electron chi connectivity index (χ2n) is 5.80. The van der Waals surface area contributed by atoms with Gasteiger partial charge in [0.05, 0.1) is 23.6 Å². The first-order chi connectivity index (χ1) is 11.2. The number of rotatable bonds is 2. The minimum atomic E-state index is -0.100. The van der Waals surface area contributed by atoms with E-state index in [9.17, 15) is 4.79 Å². The van der Waals surface area contributed by atoms with Gasteiger partial charge >= 0.3 is 0 Å². The van der Waals surface area contributed by atoms with Gasteiger partial charge in [0.15, 0.2) is 0 Å². The lowest BCUT2D eigenvalue weighted by Gasteiger charge is -2.37. The fraction of sp³-hybridized carbons (Fsp3) is 0.294. The Hall–Kier alpha value is -2.18. The molecule has 1 aliphatic rings. The Labute approximate surface area is 137 Å². The third-order valence-electron chi connectivity index (χ3n) is 4.08. The van der Waals surface area contributed by atoms with Crippen molar-refractivity contribution in [3.05, 3.63) is 57.0 Å². The fourth-order valence-electron chi connectivity index (χ4n) is 2.99. The molecule has 0 saturated carbocycles. The third-order valence-corrected chi connectivity index (χ3v) is 4.78. The number of benzene rings is 1. The Morgan fingerprint density at radius 3 is 3.00 bits per heavy atom. The number of H-pyrrole nitrogens is 1. The summed E-state index contributed by atoms with van der Waals surface area (Å²) in [6.07, 6.45) is 0.0761. The molecule has 4 rings (SSSR count). The summed E-state index contributed by atoms with van der Waals surface area (Å²) in [4.78, 5) is 21.9. The highest BCUT2D eigenvalue weighted by molar-refractivity contribution is 7.07. The number of ether oxygens (including phenoxy) is 1. The molecule has 1 aliphatic heterocycles. The molecular weight excluding hydrogens is 310 g/mol. The maximum Gasteiger partial charge on any atom is 0.260 e. The van der Waals surface area contributed by atoms with Crippen LogP contribution in [-0.2, 0) is 4.74 Å². The average molecular weight is 327 g/mol. The van der Waals surface area contributed by atoms with E-state index in [0.717, 1.165) is 5.52 Å². The van der Waals surface area contributed by atoms with Gasteiger partial charge in [-0.2, -0.15) is 11.3 Å². The second-order valence-corrected chi connectivity index (χ2v) is 6.58. The molecule has 0 radical (unpaired) electrons. The zero-order chi connectivity index (χ0) is 15.8. The van der Waals surface area contributed by atoms with Crippen LogP contribution in [0.15, 0.2) is 45.9 Å². The number of anilines is 1. The molecule has 118 valence electrons. The molecule has 2 atom stereocenters. The van der Waals surface area contributed by atoms with Crippen molar-refractivity contribution in [2.45, 2.75) is 19.1 Å². The normalized spacial score (nSPS) is 21.7. The lowest BCUT2D eigenvalue weighted by molar-refractivity contribution is -0.0176. The van der Waals surface area contributed by atoms with E-state index >= 15 is 0 Å². The molecule has 0 amide bonds. The first-order valence-electron chi connectivity index (χ1n) is 7.62. The standard InChI is InChI=1S/C17H17N3O2S/c1-11-8-20(9-15(22-11)12-6-7-23-10-12)17-18-14-5-3-2-4-13(14)16(21)19-17/h2-7,10-11,15H,8-9H2,1H3,(H,18,19,21). The van der Waals surface area contributed by atoms with Gasteiger partial charge in [-0.15, -0.1) is 0 Å². The Bertz CT molecular complexity index is 875. The van der Waals surface area contributed by atoms with Crippen LogP contribution in [0.4, 0.5) is 5.95 Å². The van der Waals surface area contributed by atoms with E-state index < -0.39 is 0 Å². The number of morpholine rings is 1. The number of thiophene rings is 1. The lowest BCUT2D eigenvalue weighted by Crippen LogP contribution is -2.44. The highest BCUT2D eigenvalue weighted by atomic mass is 32.1. The summed E-state index contributed by atoms with van der Waals surface area (Å²) in [7, 11) is 0. The molecule has 3 heterocycles. The Morgan fingerprint density at radius 1 is 1.30 bits per heavy atom. The predicted octanol–water partition coefficient (Wildman–Crippen LogP) is 2.95. The van der Waals surface area contributed by atoms with Crippen molar-refractivity contribution in [2.75, 3.05) is 18.0 Å². The number of nitrogens with one attached hydrogen (secondary N) is 1. The number of aromatic nitrogens is 2. The maximum atomic E-state index is 12.3. The molecule has 1 aromatic carbocycles. The van der Waals surface area contributed by atoms with Crippen molar-refractivity contribution in [2.24, 2.45) is 0 Å². The molecule has 6 heteroatoms. The largest absolute Gasteiger partial charge is 0.367 e. The van der Waals surface area contributed by atoms with Crippen LogP contribution in [0, 0.1) is 0 Å². The first-order valence-corrected chi connectivity index (χ1v) is 8.56. The fourth-order valence-corrected chi connectivity index (χ4v) is 3.69. The smallest absolute Gasteiger partial charge is 0.260 e. The van der Waals surface area contributed by atoms with Gasteiger partial charge in [-0.05, 0) is 41.4 Å². The van der Waals surface area contributed by atoms with Crippen molar-refractivity contribution < 1.29 is 4.74 Å². The SMILES string of the molecule is CC1CN(c2nc3ccccc3c(=O)[nH]2)CC(c2ccsc2)O1. The summed E-state index contributed by atoms with van der Waals surface area (Å²) >= 11 is 1.66. The van der Waals surface area contributed by atoms with Crippen molar-refractivity contribution in [1.29, 1.82) is 0 Å². The number of hydrogen-bond acceptors (Lipinski definition) is 5. The minimum absolute atomic E-state index is 0.00164. The molecule has 3 aromatic rings. The summed E-state index contributed by atoms with van der Waals surface area (Å²) in [5.41, 5.74) is 1.80. The Kier molecular flexibility index (Phi) is 3.63. The van der Waals surface area contributed by atoms with E-state index in [2.05, 4.69) is 31.7 Å². The summed E-state index contributed by atoms with van der Waals surface area (Å²) < 4.78 is 6.05. The van der Waals surface area contributed by atoms with Crippen molar-refractivity contribution in [3.63, 3.8) is 0 Å². The van der Waals surface area contributed by atoms with Gasteiger partial charge in [-0.25, -0.2) is 4.98 Å². The van der Waals surface area contributed by atoms with Crippen LogP contribution in [0.3, 0.4) is 0 Å². The number of para-hydroxylation sites is 1. The van der Waals surface area contributed by atoms with Crippen molar-refractivity contribution >= 4 is 28.2 Å². The molecule has 1 saturated heterocycles. The molecule has 5 nitrogen and oxygen atoms in total.